The van der Waals surface area contributed by atoms with E-state index in [0.29, 0.717) is 27.8 Å². The van der Waals surface area contributed by atoms with Crippen molar-refractivity contribution >= 4 is 28.0 Å². The minimum atomic E-state index is -0.344. The van der Waals surface area contributed by atoms with Crippen LogP contribution in [-0.4, -0.2) is 32.4 Å². The van der Waals surface area contributed by atoms with Crippen LogP contribution in [0.4, 0.5) is 5.00 Å². The molecule has 7 nitrogen and oxygen atoms in total. The van der Waals surface area contributed by atoms with E-state index in [9.17, 15) is 10.1 Å². The molecule has 0 aliphatic heterocycles. The molecule has 29 heavy (non-hydrogen) atoms. The number of amides is 1. The first-order valence-corrected chi connectivity index (χ1v) is 10.1. The summed E-state index contributed by atoms with van der Waals surface area (Å²) in [4.78, 5) is 18.7. The van der Waals surface area contributed by atoms with Crippen LogP contribution in [0.3, 0.4) is 0 Å². The monoisotopic (exact) mass is 413 g/mol. The number of carbonyl (C=O) groups excluding carboxylic acids is 1. The van der Waals surface area contributed by atoms with E-state index in [1.165, 1.54) is 16.2 Å². The number of ether oxygens (including phenoxy) is 2. The minimum Gasteiger partial charge on any atom is -0.493 e. The predicted octanol–water partition coefficient (Wildman–Crippen LogP) is 3.90. The summed E-state index contributed by atoms with van der Waals surface area (Å²) in [5.74, 6) is 0.864. The number of oxime groups is 1. The lowest BCUT2D eigenvalue weighted by Crippen LogP contribution is -2.17. The van der Waals surface area contributed by atoms with E-state index in [1.807, 2.05) is 6.07 Å². The molecule has 3 rings (SSSR count). The molecule has 1 aromatic heterocycles. The number of thiophene rings is 1. The summed E-state index contributed by atoms with van der Waals surface area (Å²) < 4.78 is 10.5. The van der Waals surface area contributed by atoms with Crippen LogP contribution in [0.1, 0.15) is 41.3 Å². The predicted molar refractivity (Wildman–Crippen MR) is 112 cm³/mol. The highest BCUT2D eigenvalue weighted by Gasteiger charge is 2.21. The van der Waals surface area contributed by atoms with Gasteiger partial charge in [-0.1, -0.05) is 5.16 Å². The van der Waals surface area contributed by atoms with Crippen LogP contribution in [0.25, 0.3) is 0 Å². The van der Waals surface area contributed by atoms with Gasteiger partial charge in [-0.25, -0.2) is 0 Å². The lowest BCUT2D eigenvalue weighted by Gasteiger charge is -2.09. The van der Waals surface area contributed by atoms with Gasteiger partial charge in [-0.05, 0) is 56.4 Å². The number of nitrogens with zero attached hydrogens (tertiary/aromatic N) is 2. The van der Waals surface area contributed by atoms with Gasteiger partial charge in [0.25, 0.3) is 5.91 Å². The van der Waals surface area contributed by atoms with Crippen LogP contribution < -0.4 is 14.8 Å². The van der Waals surface area contributed by atoms with Crippen molar-refractivity contribution in [3.05, 3.63) is 39.8 Å². The summed E-state index contributed by atoms with van der Waals surface area (Å²) >= 11 is 1.49. The Balaban J connectivity index is 1.61. The van der Waals surface area contributed by atoms with E-state index < -0.39 is 0 Å². The Morgan fingerprint density at radius 2 is 2.00 bits per heavy atom. The van der Waals surface area contributed by atoms with Gasteiger partial charge in [0.15, 0.2) is 18.1 Å². The second-order valence-electron chi connectivity index (χ2n) is 6.59. The number of methoxy groups -OCH3 is 2. The largest absolute Gasteiger partial charge is 0.493 e. The van der Waals surface area contributed by atoms with Crippen molar-refractivity contribution in [1.82, 2.24) is 0 Å². The molecule has 0 spiro atoms. The second kappa shape index (κ2) is 9.43. The molecule has 0 saturated carbocycles. The molecule has 1 aliphatic carbocycles. The summed E-state index contributed by atoms with van der Waals surface area (Å²) in [6, 6.07) is 7.63. The Bertz CT molecular complexity index is 975. The Hall–Kier alpha value is -3.05. The van der Waals surface area contributed by atoms with Crippen molar-refractivity contribution < 1.29 is 19.1 Å². The number of hydrogen-bond acceptors (Lipinski definition) is 7. The maximum Gasteiger partial charge on any atom is 0.265 e. The maximum absolute atomic E-state index is 12.3. The van der Waals surface area contributed by atoms with Gasteiger partial charge in [-0.2, -0.15) is 5.26 Å². The number of anilines is 1. The van der Waals surface area contributed by atoms with E-state index in [4.69, 9.17) is 14.3 Å². The van der Waals surface area contributed by atoms with Gasteiger partial charge in [0.1, 0.15) is 11.1 Å². The number of rotatable bonds is 7. The number of carbonyl (C=O) groups is 1. The fourth-order valence-corrected chi connectivity index (χ4v) is 4.49. The Morgan fingerprint density at radius 1 is 1.24 bits per heavy atom. The second-order valence-corrected chi connectivity index (χ2v) is 7.70. The van der Waals surface area contributed by atoms with Crippen LogP contribution in [0.5, 0.6) is 11.5 Å². The van der Waals surface area contributed by atoms with Gasteiger partial charge in [0.05, 0.1) is 25.5 Å². The molecule has 1 aliphatic rings. The van der Waals surface area contributed by atoms with Crippen LogP contribution in [0.15, 0.2) is 23.4 Å². The third-order valence-corrected chi connectivity index (χ3v) is 5.94. The third kappa shape index (κ3) is 4.69. The molecule has 8 heteroatoms. The van der Waals surface area contributed by atoms with Crippen molar-refractivity contribution in [1.29, 1.82) is 5.26 Å². The highest BCUT2D eigenvalue weighted by molar-refractivity contribution is 7.16. The van der Waals surface area contributed by atoms with Crippen molar-refractivity contribution in [3.63, 3.8) is 0 Å². The molecule has 0 unspecified atom stereocenters. The van der Waals surface area contributed by atoms with Gasteiger partial charge in [0, 0.05) is 10.4 Å². The summed E-state index contributed by atoms with van der Waals surface area (Å²) in [6.45, 7) is 1.54. The summed E-state index contributed by atoms with van der Waals surface area (Å²) in [6.07, 6.45) is 4.07. The zero-order chi connectivity index (χ0) is 20.8. The molecule has 1 aromatic carbocycles. The lowest BCUT2D eigenvalue weighted by atomic mass is 9.96. The van der Waals surface area contributed by atoms with Crippen LogP contribution in [-0.2, 0) is 22.5 Å². The SMILES string of the molecule is COc1ccc(C(C)=NOCC(=O)Nc2sc3c(c2C#N)CCCC3)cc1OC. The van der Waals surface area contributed by atoms with Crippen LogP contribution in [0.2, 0.25) is 0 Å². The molecule has 0 radical (unpaired) electrons. The summed E-state index contributed by atoms with van der Waals surface area (Å²) in [5, 5.41) is 16.9. The van der Waals surface area contributed by atoms with E-state index in [2.05, 4.69) is 16.5 Å². The zero-order valence-electron chi connectivity index (χ0n) is 16.7. The quantitative estimate of drug-likeness (QED) is 0.549. The number of aryl methyl sites for hydroxylation is 1. The molecule has 0 atom stereocenters. The zero-order valence-corrected chi connectivity index (χ0v) is 17.5. The maximum atomic E-state index is 12.3. The van der Waals surface area contributed by atoms with E-state index >= 15 is 0 Å². The van der Waals surface area contributed by atoms with Gasteiger partial charge in [-0.3, -0.25) is 4.79 Å². The molecule has 0 bridgehead atoms. The molecular formula is C21H23N3O4S. The Kier molecular flexibility index (Phi) is 6.73. The van der Waals surface area contributed by atoms with Crippen LogP contribution >= 0.6 is 11.3 Å². The lowest BCUT2D eigenvalue weighted by molar-refractivity contribution is -0.120. The highest BCUT2D eigenvalue weighted by Crippen LogP contribution is 2.37. The average Bonchev–Trinajstić information content (AvgIpc) is 3.09. The molecular weight excluding hydrogens is 390 g/mol. The smallest absolute Gasteiger partial charge is 0.265 e. The number of hydrogen-bond donors (Lipinski definition) is 1. The van der Waals surface area contributed by atoms with E-state index in [1.54, 1.807) is 33.3 Å². The summed E-state index contributed by atoms with van der Waals surface area (Å²) in [7, 11) is 3.13. The molecule has 2 aromatic rings. The molecule has 0 saturated heterocycles. The highest BCUT2D eigenvalue weighted by atomic mass is 32.1. The first-order chi connectivity index (χ1) is 14.1. The molecule has 0 fully saturated rings. The van der Waals surface area contributed by atoms with Crippen molar-refractivity contribution in [3.8, 4) is 17.6 Å². The number of benzene rings is 1. The number of nitrogens with one attached hydrogen (secondary N) is 1. The Labute approximate surface area is 173 Å². The average molecular weight is 413 g/mol. The van der Waals surface area contributed by atoms with E-state index in [-0.39, 0.29) is 12.5 Å². The van der Waals surface area contributed by atoms with Crippen molar-refractivity contribution in [2.45, 2.75) is 32.6 Å². The van der Waals surface area contributed by atoms with Gasteiger partial charge in [-0.15, -0.1) is 11.3 Å². The van der Waals surface area contributed by atoms with Gasteiger partial charge in [0.2, 0.25) is 0 Å². The number of nitriles is 1. The van der Waals surface area contributed by atoms with Gasteiger partial charge >= 0.3 is 0 Å². The molecule has 1 heterocycles. The third-order valence-electron chi connectivity index (χ3n) is 4.73. The minimum absolute atomic E-state index is 0.238. The fraction of sp³-hybridized carbons (Fsp3) is 0.381. The Morgan fingerprint density at radius 3 is 2.72 bits per heavy atom. The first kappa shape index (κ1) is 20.7. The van der Waals surface area contributed by atoms with E-state index in [0.717, 1.165) is 36.8 Å². The standard InChI is InChI=1S/C21H23N3O4S/c1-13(14-8-9-17(26-2)18(10-14)27-3)24-28-12-20(25)23-21-16(11-22)15-6-4-5-7-19(15)29-21/h8-10H,4-7,12H2,1-3H3,(H,23,25). The first-order valence-electron chi connectivity index (χ1n) is 9.30. The molecule has 1 amide bonds. The van der Waals surface area contributed by atoms with Crippen molar-refractivity contribution in [2.75, 3.05) is 26.1 Å². The summed E-state index contributed by atoms with van der Waals surface area (Å²) in [5.41, 5.74) is 3.06. The van der Waals surface area contributed by atoms with Gasteiger partial charge < -0.3 is 19.6 Å². The molecule has 152 valence electrons. The van der Waals surface area contributed by atoms with Crippen molar-refractivity contribution in [2.24, 2.45) is 5.16 Å². The molecule has 1 N–H and O–H groups in total. The number of fused-ring (bicyclic) bond motifs is 1. The fourth-order valence-electron chi connectivity index (χ4n) is 3.24. The normalized spacial score (nSPS) is 13.2. The topological polar surface area (TPSA) is 92.9 Å². The van der Waals surface area contributed by atoms with Crippen LogP contribution in [0, 0.1) is 11.3 Å².